The lowest BCUT2D eigenvalue weighted by atomic mass is 10.1. The number of rotatable bonds is 8. The first-order valence-electron chi connectivity index (χ1n) is 9.62. The van der Waals surface area contributed by atoms with Crippen LogP contribution in [0, 0.1) is 5.92 Å². The summed E-state index contributed by atoms with van der Waals surface area (Å²) in [5.41, 5.74) is 1.06. The van der Waals surface area contributed by atoms with Crippen LogP contribution >= 0.6 is 0 Å². The lowest BCUT2D eigenvalue weighted by Gasteiger charge is -2.25. The smallest absolute Gasteiger partial charge is 0.317 e. The van der Waals surface area contributed by atoms with Crippen molar-refractivity contribution in [2.75, 3.05) is 32.7 Å². The van der Waals surface area contributed by atoms with Crippen LogP contribution in [0.2, 0.25) is 0 Å². The van der Waals surface area contributed by atoms with E-state index in [1.165, 1.54) is 0 Å². The number of amides is 4. The molecule has 2 atom stereocenters. The summed E-state index contributed by atoms with van der Waals surface area (Å²) in [6.07, 6.45) is 0.231. The van der Waals surface area contributed by atoms with E-state index in [-0.39, 0.29) is 36.2 Å². The van der Waals surface area contributed by atoms with Crippen LogP contribution in [0.4, 0.5) is 4.79 Å². The van der Waals surface area contributed by atoms with Gasteiger partial charge in [0.2, 0.25) is 11.8 Å². The van der Waals surface area contributed by atoms with E-state index < -0.39 is 0 Å². The Balaban J connectivity index is 1.78. The SMILES string of the molecule is CCN(CC)C(=O)NCCNC(=O)C1CC(=O)N(C(C)c2ccccc2)C1. The third-order valence-corrected chi connectivity index (χ3v) is 5.03. The van der Waals surface area contributed by atoms with Crippen LogP contribution in [-0.2, 0) is 9.59 Å². The van der Waals surface area contributed by atoms with E-state index in [0.29, 0.717) is 32.7 Å². The summed E-state index contributed by atoms with van der Waals surface area (Å²) < 4.78 is 0. The first kappa shape index (κ1) is 20.7. The molecule has 27 heavy (non-hydrogen) atoms. The van der Waals surface area contributed by atoms with Crippen LogP contribution in [0.1, 0.15) is 38.8 Å². The van der Waals surface area contributed by atoms with Crippen molar-refractivity contribution in [2.24, 2.45) is 5.92 Å². The summed E-state index contributed by atoms with van der Waals surface area (Å²) in [5.74, 6) is -0.480. The van der Waals surface area contributed by atoms with Gasteiger partial charge in [0.1, 0.15) is 0 Å². The van der Waals surface area contributed by atoms with Gasteiger partial charge in [0, 0.05) is 39.1 Å². The molecule has 2 N–H and O–H groups in total. The van der Waals surface area contributed by atoms with E-state index in [9.17, 15) is 14.4 Å². The van der Waals surface area contributed by atoms with Crippen molar-refractivity contribution >= 4 is 17.8 Å². The number of carbonyl (C=O) groups excluding carboxylic acids is 3. The van der Waals surface area contributed by atoms with Crippen LogP contribution in [-0.4, -0.2) is 60.4 Å². The molecule has 1 aliphatic rings. The van der Waals surface area contributed by atoms with Gasteiger partial charge in [-0.25, -0.2) is 4.79 Å². The highest BCUT2D eigenvalue weighted by atomic mass is 16.2. The molecule has 0 aliphatic carbocycles. The average molecular weight is 374 g/mol. The van der Waals surface area contributed by atoms with E-state index in [2.05, 4.69) is 10.6 Å². The van der Waals surface area contributed by atoms with Crippen LogP contribution in [0.5, 0.6) is 0 Å². The topological polar surface area (TPSA) is 81.8 Å². The van der Waals surface area contributed by atoms with Crippen LogP contribution in [0.3, 0.4) is 0 Å². The minimum absolute atomic E-state index is 0.00124. The van der Waals surface area contributed by atoms with Gasteiger partial charge in [0.05, 0.1) is 12.0 Å². The molecule has 7 heteroatoms. The molecule has 1 heterocycles. The molecule has 1 saturated heterocycles. The van der Waals surface area contributed by atoms with E-state index in [1.807, 2.05) is 51.1 Å². The Bertz CT molecular complexity index is 646. The lowest BCUT2D eigenvalue weighted by Crippen LogP contribution is -2.43. The summed E-state index contributed by atoms with van der Waals surface area (Å²) >= 11 is 0. The number of hydrogen-bond donors (Lipinski definition) is 2. The van der Waals surface area contributed by atoms with Crippen molar-refractivity contribution in [3.63, 3.8) is 0 Å². The second-order valence-electron chi connectivity index (χ2n) is 6.73. The zero-order valence-electron chi connectivity index (χ0n) is 16.4. The third-order valence-electron chi connectivity index (χ3n) is 5.03. The predicted octanol–water partition coefficient (Wildman–Crippen LogP) is 1.76. The lowest BCUT2D eigenvalue weighted by molar-refractivity contribution is -0.130. The molecule has 0 saturated carbocycles. The van der Waals surface area contributed by atoms with Crippen molar-refractivity contribution in [3.05, 3.63) is 35.9 Å². The number of carbonyl (C=O) groups is 3. The largest absolute Gasteiger partial charge is 0.354 e. The van der Waals surface area contributed by atoms with Gasteiger partial charge in [-0.1, -0.05) is 30.3 Å². The maximum absolute atomic E-state index is 12.4. The summed E-state index contributed by atoms with van der Waals surface area (Å²) in [6, 6.07) is 9.63. The van der Waals surface area contributed by atoms with Crippen molar-refractivity contribution in [1.29, 1.82) is 0 Å². The Kier molecular flexibility index (Phi) is 7.64. The van der Waals surface area contributed by atoms with Crippen molar-refractivity contribution in [3.8, 4) is 0 Å². The Morgan fingerprint density at radius 3 is 2.41 bits per heavy atom. The number of benzene rings is 1. The average Bonchev–Trinajstić information content (AvgIpc) is 3.08. The molecular formula is C20H30N4O3. The second kappa shape index (κ2) is 9.94. The fourth-order valence-corrected chi connectivity index (χ4v) is 3.32. The number of hydrogen-bond acceptors (Lipinski definition) is 3. The van der Waals surface area contributed by atoms with Gasteiger partial charge in [0.15, 0.2) is 0 Å². The molecule has 2 rings (SSSR count). The minimum atomic E-state index is -0.345. The third kappa shape index (κ3) is 5.45. The maximum atomic E-state index is 12.4. The summed E-state index contributed by atoms with van der Waals surface area (Å²) in [7, 11) is 0. The molecule has 1 fully saturated rings. The van der Waals surface area contributed by atoms with Crippen molar-refractivity contribution < 1.29 is 14.4 Å². The highest BCUT2D eigenvalue weighted by molar-refractivity contribution is 5.89. The highest BCUT2D eigenvalue weighted by Crippen LogP contribution is 2.28. The maximum Gasteiger partial charge on any atom is 0.317 e. The molecule has 1 aromatic rings. The Hall–Kier alpha value is -2.57. The summed E-state index contributed by atoms with van der Waals surface area (Å²) in [4.78, 5) is 40.0. The van der Waals surface area contributed by atoms with E-state index in [0.717, 1.165) is 5.56 Å². The first-order valence-corrected chi connectivity index (χ1v) is 9.62. The van der Waals surface area contributed by atoms with Crippen LogP contribution in [0.25, 0.3) is 0 Å². The van der Waals surface area contributed by atoms with Crippen molar-refractivity contribution in [2.45, 2.75) is 33.2 Å². The number of nitrogens with zero attached hydrogens (tertiary/aromatic N) is 2. The summed E-state index contributed by atoms with van der Waals surface area (Å²) in [5, 5.41) is 5.61. The number of nitrogens with one attached hydrogen (secondary N) is 2. The fourth-order valence-electron chi connectivity index (χ4n) is 3.32. The normalized spacial score (nSPS) is 17.5. The summed E-state index contributed by atoms with van der Waals surface area (Å²) in [6.45, 7) is 8.26. The minimum Gasteiger partial charge on any atom is -0.354 e. The van der Waals surface area contributed by atoms with Crippen molar-refractivity contribution in [1.82, 2.24) is 20.4 Å². The van der Waals surface area contributed by atoms with E-state index in [1.54, 1.807) is 9.80 Å². The Morgan fingerprint density at radius 1 is 1.15 bits per heavy atom. The van der Waals surface area contributed by atoms with E-state index in [4.69, 9.17) is 0 Å². The van der Waals surface area contributed by atoms with E-state index >= 15 is 0 Å². The highest BCUT2D eigenvalue weighted by Gasteiger charge is 2.36. The zero-order chi connectivity index (χ0) is 19.8. The second-order valence-corrected chi connectivity index (χ2v) is 6.73. The quantitative estimate of drug-likeness (QED) is 0.681. The molecule has 148 valence electrons. The van der Waals surface area contributed by atoms with Gasteiger partial charge in [-0.05, 0) is 26.3 Å². The predicted molar refractivity (Wildman–Crippen MR) is 104 cm³/mol. The molecule has 0 aromatic heterocycles. The van der Waals surface area contributed by atoms with Gasteiger partial charge < -0.3 is 20.4 Å². The first-order chi connectivity index (χ1) is 13.0. The molecule has 1 aromatic carbocycles. The van der Waals surface area contributed by atoms with Gasteiger partial charge in [-0.15, -0.1) is 0 Å². The Morgan fingerprint density at radius 2 is 1.78 bits per heavy atom. The van der Waals surface area contributed by atoms with Gasteiger partial charge in [-0.3, -0.25) is 9.59 Å². The molecule has 0 spiro atoms. The van der Waals surface area contributed by atoms with Gasteiger partial charge in [-0.2, -0.15) is 0 Å². The molecule has 1 aliphatic heterocycles. The van der Waals surface area contributed by atoms with Gasteiger partial charge in [0.25, 0.3) is 0 Å². The Labute approximate surface area is 161 Å². The molecule has 4 amide bonds. The van der Waals surface area contributed by atoms with Gasteiger partial charge >= 0.3 is 6.03 Å². The molecule has 2 unspecified atom stereocenters. The van der Waals surface area contributed by atoms with Crippen LogP contribution in [0.15, 0.2) is 30.3 Å². The zero-order valence-corrected chi connectivity index (χ0v) is 16.4. The van der Waals surface area contributed by atoms with Crippen LogP contribution < -0.4 is 10.6 Å². The standard InChI is InChI=1S/C20H30N4O3/c1-4-23(5-2)20(27)22-12-11-21-19(26)17-13-18(25)24(14-17)15(3)16-9-7-6-8-10-16/h6-10,15,17H,4-5,11-14H2,1-3H3,(H,21,26)(H,22,27). The molecule has 0 bridgehead atoms. The fraction of sp³-hybridized carbons (Fsp3) is 0.550. The number of likely N-dealkylation sites (tertiary alicyclic amines) is 1. The monoisotopic (exact) mass is 374 g/mol. The molecular weight excluding hydrogens is 344 g/mol. The molecule has 0 radical (unpaired) electrons. The molecule has 7 nitrogen and oxygen atoms in total. The number of urea groups is 1.